The van der Waals surface area contributed by atoms with Gasteiger partial charge in [0.25, 0.3) is 0 Å². The number of hydrogen-bond acceptors (Lipinski definition) is 2. The van der Waals surface area contributed by atoms with Crippen LogP contribution in [0, 0.1) is 13.8 Å². The Bertz CT molecular complexity index is 462. The maximum atomic E-state index is 5.64. The molecule has 0 unspecified atom stereocenters. The van der Waals surface area contributed by atoms with Crippen LogP contribution in [0.1, 0.15) is 17.0 Å². The van der Waals surface area contributed by atoms with Crippen molar-refractivity contribution in [2.75, 3.05) is 0 Å². The number of ether oxygens (including phenoxy) is 1. The van der Waals surface area contributed by atoms with Crippen LogP contribution in [0.3, 0.4) is 0 Å². The number of nitrogens with zero attached hydrogens (tertiary/aromatic N) is 1. The van der Waals surface area contributed by atoms with Crippen LogP contribution < -0.4 is 4.74 Å². The fourth-order valence-electron chi connectivity index (χ4n) is 1.47. The Hall–Kier alpha value is -1.83. The first-order valence-electron chi connectivity index (χ1n) is 5.36. The van der Waals surface area contributed by atoms with E-state index in [0.717, 1.165) is 17.1 Å². The van der Waals surface area contributed by atoms with Crippen LogP contribution >= 0.6 is 0 Å². The molecule has 2 heteroatoms. The summed E-state index contributed by atoms with van der Waals surface area (Å²) in [4.78, 5) is 4.38. The van der Waals surface area contributed by atoms with Gasteiger partial charge >= 0.3 is 0 Å². The molecule has 0 atom stereocenters. The molecule has 1 aromatic heterocycles. The largest absolute Gasteiger partial charge is 0.487 e. The maximum Gasteiger partial charge on any atom is 0.130 e. The third-order valence-corrected chi connectivity index (χ3v) is 2.35. The maximum absolute atomic E-state index is 5.64. The van der Waals surface area contributed by atoms with Gasteiger partial charge in [0.15, 0.2) is 0 Å². The Labute approximate surface area is 95.9 Å². The molecule has 0 saturated heterocycles. The van der Waals surface area contributed by atoms with Crippen molar-refractivity contribution in [1.29, 1.82) is 0 Å². The fourth-order valence-corrected chi connectivity index (χ4v) is 1.47. The van der Waals surface area contributed by atoms with Crippen molar-refractivity contribution in [1.82, 2.24) is 4.98 Å². The van der Waals surface area contributed by atoms with Gasteiger partial charge in [0.2, 0.25) is 0 Å². The topological polar surface area (TPSA) is 22.1 Å². The minimum absolute atomic E-state index is 0.519. The monoisotopic (exact) mass is 213 g/mol. The fraction of sp³-hybridized carbons (Fsp3) is 0.214. The minimum atomic E-state index is 0.519. The quantitative estimate of drug-likeness (QED) is 0.780. The standard InChI is InChI=1S/C14H15NO/c1-11-6-8-14(9-7-11)16-10-13-5-3-4-12(2)15-13/h3-9H,10H2,1-2H3. The van der Waals surface area contributed by atoms with Crippen LogP contribution in [-0.4, -0.2) is 4.98 Å². The van der Waals surface area contributed by atoms with Crippen LogP contribution in [0.4, 0.5) is 0 Å². The second-order valence-electron chi connectivity index (χ2n) is 3.87. The molecule has 0 aliphatic rings. The lowest BCUT2D eigenvalue weighted by molar-refractivity contribution is 0.301. The predicted octanol–water partition coefficient (Wildman–Crippen LogP) is 3.28. The summed E-state index contributed by atoms with van der Waals surface area (Å²) in [5, 5.41) is 0. The van der Waals surface area contributed by atoms with Crippen molar-refractivity contribution in [2.24, 2.45) is 0 Å². The average molecular weight is 213 g/mol. The van der Waals surface area contributed by atoms with Crippen molar-refractivity contribution in [2.45, 2.75) is 20.5 Å². The highest BCUT2D eigenvalue weighted by molar-refractivity contribution is 5.26. The number of aryl methyl sites for hydroxylation is 2. The zero-order chi connectivity index (χ0) is 11.4. The van der Waals surface area contributed by atoms with Crippen LogP contribution in [0.5, 0.6) is 5.75 Å². The van der Waals surface area contributed by atoms with Gasteiger partial charge in [0.05, 0.1) is 5.69 Å². The summed E-state index contributed by atoms with van der Waals surface area (Å²) in [5.74, 6) is 0.883. The molecule has 0 aliphatic carbocycles. The molecule has 0 radical (unpaired) electrons. The molecule has 0 N–H and O–H groups in total. The highest BCUT2D eigenvalue weighted by Gasteiger charge is 1.97. The molecule has 2 aromatic rings. The minimum Gasteiger partial charge on any atom is -0.487 e. The molecule has 2 rings (SSSR count). The van der Waals surface area contributed by atoms with Gasteiger partial charge in [-0.2, -0.15) is 0 Å². The highest BCUT2D eigenvalue weighted by Crippen LogP contribution is 2.13. The Morgan fingerprint density at radius 2 is 1.75 bits per heavy atom. The van der Waals surface area contributed by atoms with Gasteiger partial charge in [-0.15, -0.1) is 0 Å². The number of rotatable bonds is 3. The Morgan fingerprint density at radius 1 is 1.00 bits per heavy atom. The summed E-state index contributed by atoms with van der Waals surface area (Å²) in [5.41, 5.74) is 3.21. The molecule has 1 heterocycles. The Morgan fingerprint density at radius 3 is 2.44 bits per heavy atom. The Kier molecular flexibility index (Phi) is 3.20. The average Bonchev–Trinajstić information content (AvgIpc) is 2.28. The first-order valence-corrected chi connectivity index (χ1v) is 5.36. The van der Waals surface area contributed by atoms with E-state index in [1.165, 1.54) is 5.56 Å². The van der Waals surface area contributed by atoms with Crippen molar-refractivity contribution >= 4 is 0 Å². The lowest BCUT2D eigenvalue weighted by Gasteiger charge is -2.06. The van der Waals surface area contributed by atoms with Crippen LogP contribution in [0.15, 0.2) is 42.5 Å². The van der Waals surface area contributed by atoms with E-state index in [9.17, 15) is 0 Å². The zero-order valence-corrected chi connectivity index (χ0v) is 9.60. The summed E-state index contributed by atoms with van der Waals surface area (Å²) in [7, 11) is 0. The van der Waals surface area contributed by atoms with E-state index in [-0.39, 0.29) is 0 Å². The highest BCUT2D eigenvalue weighted by atomic mass is 16.5. The van der Waals surface area contributed by atoms with Gasteiger partial charge in [-0.1, -0.05) is 23.8 Å². The summed E-state index contributed by atoms with van der Waals surface area (Å²) in [6.45, 7) is 4.56. The summed E-state index contributed by atoms with van der Waals surface area (Å²) < 4.78 is 5.64. The van der Waals surface area contributed by atoms with Gasteiger partial charge in [-0.25, -0.2) is 0 Å². The van der Waals surface area contributed by atoms with E-state index in [4.69, 9.17) is 4.74 Å². The van der Waals surface area contributed by atoms with Gasteiger partial charge in [0.1, 0.15) is 12.4 Å². The molecule has 2 nitrogen and oxygen atoms in total. The van der Waals surface area contributed by atoms with E-state index in [1.54, 1.807) is 0 Å². The lowest BCUT2D eigenvalue weighted by atomic mass is 10.2. The van der Waals surface area contributed by atoms with E-state index in [2.05, 4.69) is 11.9 Å². The summed E-state index contributed by atoms with van der Waals surface area (Å²) in [6.07, 6.45) is 0. The molecular weight excluding hydrogens is 198 g/mol. The molecular formula is C14H15NO. The molecule has 0 saturated carbocycles. The Balaban J connectivity index is 1.99. The second-order valence-corrected chi connectivity index (χ2v) is 3.87. The number of aromatic nitrogens is 1. The van der Waals surface area contributed by atoms with Gasteiger partial charge < -0.3 is 4.74 Å². The molecule has 0 fully saturated rings. The smallest absolute Gasteiger partial charge is 0.130 e. The lowest BCUT2D eigenvalue weighted by Crippen LogP contribution is -1.98. The third-order valence-electron chi connectivity index (χ3n) is 2.35. The molecule has 0 amide bonds. The van der Waals surface area contributed by atoms with Crippen LogP contribution in [-0.2, 0) is 6.61 Å². The molecule has 1 aromatic carbocycles. The number of benzene rings is 1. The van der Waals surface area contributed by atoms with E-state index in [0.29, 0.717) is 6.61 Å². The molecule has 82 valence electrons. The van der Waals surface area contributed by atoms with Crippen molar-refractivity contribution < 1.29 is 4.74 Å². The third kappa shape index (κ3) is 2.83. The van der Waals surface area contributed by atoms with Crippen molar-refractivity contribution in [3.63, 3.8) is 0 Å². The normalized spacial score (nSPS) is 10.1. The van der Waals surface area contributed by atoms with Crippen LogP contribution in [0.25, 0.3) is 0 Å². The zero-order valence-electron chi connectivity index (χ0n) is 9.60. The van der Waals surface area contributed by atoms with E-state index < -0.39 is 0 Å². The number of pyridine rings is 1. The van der Waals surface area contributed by atoms with E-state index >= 15 is 0 Å². The predicted molar refractivity (Wildman–Crippen MR) is 64.5 cm³/mol. The van der Waals surface area contributed by atoms with Crippen molar-refractivity contribution in [3.8, 4) is 5.75 Å². The first kappa shape index (κ1) is 10.7. The van der Waals surface area contributed by atoms with Gasteiger partial charge in [0, 0.05) is 5.69 Å². The molecule has 0 bridgehead atoms. The second kappa shape index (κ2) is 4.79. The van der Waals surface area contributed by atoms with E-state index in [1.807, 2.05) is 49.4 Å². The van der Waals surface area contributed by atoms with Gasteiger partial charge in [-0.05, 0) is 38.1 Å². The number of hydrogen-bond donors (Lipinski definition) is 0. The van der Waals surface area contributed by atoms with Crippen LogP contribution in [0.2, 0.25) is 0 Å². The molecule has 16 heavy (non-hydrogen) atoms. The molecule has 0 spiro atoms. The summed E-state index contributed by atoms with van der Waals surface area (Å²) >= 11 is 0. The molecule has 0 aliphatic heterocycles. The summed E-state index contributed by atoms with van der Waals surface area (Å²) in [6, 6.07) is 14.0. The SMILES string of the molecule is Cc1ccc(OCc2cccc(C)n2)cc1. The van der Waals surface area contributed by atoms with Crippen molar-refractivity contribution in [3.05, 3.63) is 59.4 Å². The van der Waals surface area contributed by atoms with Gasteiger partial charge in [-0.3, -0.25) is 4.98 Å². The first-order chi connectivity index (χ1) is 7.74.